The Bertz CT molecular complexity index is 718. The highest BCUT2D eigenvalue weighted by Gasteiger charge is 2.25. The fraction of sp³-hybridized carbons (Fsp3) is 0.375. The van der Waals surface area contributed by atoms with Crippen LogP contribution >= 0.6 is 11.3 Å². The van der Waals surface area contributed by atoms with Crippen molar-refractivity contribution in [2.24, 2.45) is 0 Å². The number of urea groups is 1. The third kappa shape index (κ3) is 4.08. The first-order valence-electron chi connectivity index (χ1n) is 7.82. The number of benzene rings is 1. The molecule has 1 aromatic heterocycles. The van der Waals surface area contributed by atoms with Crippen LogP contribution in [0.2, 0.25) is 0 Å². The van der Waals surface area contributed by atoms with E-state index in [4.69, 9.17) is 0 Å². The van der Waals surface area contributed by atoms with Gasteiger partial charge in [0.15, 0.2) is 0 Å². The molecule has 3 rings (SSSR count). The van der Waals surface area contributed by atoms with Crippen molar-refractivity contribution in [1.82, 2.24) is 20.4 Å². The van der Waals surface area contributed by atoms with Gasteiger partial charge in [0.1, 0.15) is 5.01 Å². The van der Waals surface area contributed by atoms with Crippen LogP contribution in [0.15, 0.2) is 30.3 Å². The molecule has 8 heteroatoms. The lowest BCUT2D eigenvalue weighted by molar-refractivity contribution is -0.120. The molecule has 0 aliphatic carbocycles. The number of hydrogen-bond donors (Lipinski definition) is 2. The Morgan fingerprint density at radius 2 is 2.17 bits per heavy atom. The minimum atomic E-state index is -0.249. The molecule has 2 N–H and O–H groups in total. The third-order valence-electron chi connectivity index (χ3n) is 3.85. The zero-order valence-electron chi connectivity index (χ0n) is 13.4. The van der Waals surface area contributed by atoms with E-state index in [-0.39, 0.29) is 18.0 Å². The second-order valence-corrected chi connectivity index (χ2v) is 6.75. The van der Waals surface area contributed by atoms with Gasteiger partial charge in [0, 0.05) is 32.0 Å². The number of nitrogens with zero attached hydrogens (tertiary/aromatic N) is 3. The molecular weight excluding hydrogens is 326 g/mol. The maximum atomic E-state index is 12.4. The minimum absolute atomic E-state index is 0.0294. The van der Waals surface area contributed by atoms with E-state index in [1.165, 1.54) is 11.3 Å². The van der Waals surface area contributed by atoms with E-state index in [0.717, 1.165) is 10.6 Å². The normalized spacial score (nSPS) is 18.0. The summed E-state index contributed by atoms with van der Waals surface area (Å²) in [5.41, 5.74) is 1.15. The van der Waals surface area contributed by atoms with Crippen LogP contribution in [0.3, 0.4) is 0 Å². The van der Waals surface area contributed by atoms with E-state index in [2.05, 4.69) is 20.8 Å². The van der Waals surface area contributed by atoms with Crippen LogP contribution in [-0.2, 0) is 11.2 Å². The van der Waals surface area contributed by atoms with Crippen molar-refractivity contribution in [3.8, 4) is 0 Å². The second-order valence-electron chi connectivity index (χ2n) is 5.69. The van der Waals surface area contributed by atoms with Crippen molar-refractivity contribution in [3.63, 3.8) is 0 Å². The van der Waals surface area contributed by atoms with Gasteiger partial charge in [-0.2, -0.15) is 0 Å². The molecular formula is C16H19N5O2S. The maximum Gasteiger partial charge on any atom is 0.324 e. The second kappa shape index (κ2) is 7.39. The number of amides is 3. The highest BCUT2D eigenvalue weighted by Crippen LogP contribution is 2.19. The fourth-order valence-electron chi connectivity index (χ4n) is 2.51. The highest BCUT2D eigenvalue weighted by molar-refractivity contribution is 7.15. The first kappa shape index (κ1) is 16.4. The maximum absolute atomic E-state index is 12.4. The van der Waals surface area contributed by atoms with Gasteiger partial charge in [-0.1, -0.05) is 41.7 Å². The van der Waals surface area contributed by atoms with E-state index >= 15 is 0 Å². The summed E-state index contributed by atoms with van der Waals surface area (Å²) in [6.45, 7) is 2.77. The number of hydrogen-bond acceptors (Lipinski definition) is 5. The predicted octanol–water partition coefficient (Wildman–Crippen LogP) is 1.87. The van der Waals surface area contributed by atoms with Crippen LogP contribution in [0, 0.1) is 0 Å². The monoisotopic (exact) mass is 345 g/mol. The van der Waals surface area contributed by atoms with Crippen molar-refractivity contribution in [2.45, 2.75) is 25.8 Å². The van der Waals surface area contributed by atoms with Crippen LogP contribution in [0.5, 0.6) is 0 Å². The van der Waals surface area contributed by atoms with Crippen LogP contribution in [0.4, 0.5) is 9.93 Å². The molecule has 1 aromatic carbocycles. The highest BCUT2D eigenvalue weighted by atomic mass is 32.1. The lowest BCUT2D eigenvalue weighted by Gasteiger charge is -2.25. The van der Waals surface area contributed by atoms with E-state index < -0.39 is 0 Å². The molecule has 1 fully saturated rings. The van der Waals surface area contributed by atoms with Gasteiger partial charge in [-0.05, 0) is 12.5 Å². The van der Waals surface area contributed by atoms with Gasteiger partial charge in [-0.15, -0.1) is 10.2 Å². The zero-order chi connectivity index (χ0) is 16.9. The Hall–Kier alpha value is -2.48. The Balaban J connectivity index is 1.61. The summed E-state index contributed by atoms with van der Waals surface area (Å²) in [5.74, 6) is -0.0294. The molecule has 0 spiro atoms. The molecule has 0 unspecified atom stereocenters. The van der Waals surface area contributed by atoms with Crippen molar-refractivity contribution < 1.29 is 9.59 Å². The van der Waals surface area contributed by atoms with Crippen LogP contribution in [-0.4, -0.2) is 46.2 Å². The predicted molar refractivity (Wildman–Crippen MR) is 92.0 cm³/mol. The van der Waals surface area contributed by atoms with Crippen molar-refractivity contribution in [2.75, 3.05) is 18.4 Å². The lowest BCUT2D eigenvalue weighted by Crippen LogP contribution is -2.44. The Kier molecular flexibility index (Phi) is 5.05. The number of rotatable bonds is 3. The first-order chi connectivity index (χ1) is 11.6. The zero-order valence-corrected chi connectivity index (χ0v) is 14.2. The molecule has 0 bridgehead atoms. The topological polar surface area (TPSA) is 87.2 Å². The summed E-state index contributed by atoms with van der Waals surface area (Å²) in [6.07, 6.45) is 1.00. The van der Waals surface area contributed by atoms with Gasteiger partial charge in [-0.3, -0.25) is 10.1 Å². The summed E-state index contributed by atoms with van der Waals surface area (Å²) in [6, 6.07) is 9.68. The molecule has 7 nitrogen and oxygen atoms in total. The van der Waals surface area contributed by atoms with Gasteiger partial charge >= 0.3 is 6.03 Å². The molecule has 0 saturated carbocycles. The van der Waals surface area contributed by atoms with Gasteiger partial charge in [0.05, 0.1) is 0 Å². The van der Waals surface area contributed by atoms with Gasteiger partial charge in [-0.25, -0.2) is 4.79 Å². The number of carbonyl (C=O) groups is 2. The van der Waals surface area contributed by atoms with Crippen LogP contribution < -0.4 is 10.6 Å². The average molecular weight is 345 g/mol. The Morgan fingerprint density at radius 3 is 2.96 bits per heavy atom. The minimum Gasteiger partial charge on any atom is -0.354 e. The van der Waals surface area contributed by atoms with Crippen molar-refractivity contribution >= 4 is 28.4 Å². The summed E-state index contributed by atoms with van der Waals surface area (Å²) >= 11 is 1.36. The van der Waals surface area contributed by atoms with E-state index in [1.54, 1.807) is 4.90 Å². The smallest absolute Gasteiger partial charge is 0.324 e. The molecule has 24 heavy (non-hydrogen) atoms. The van der Waals surface area contributed by atoms with E-state index in [1.807, 2.05) is 37.3 Å². The molecule has 2 heterocycles. The van der Waals surface area contributed by atoms with Gasteiger partial charge in [0.2, 0.25) is 11.0 Å². The standard InChI is InChI=1S/C16H19N5O2S/c1-11-10-17-13(22)7-8-21(11)16(23)18-15-20-19-14(24-15)9-12-5-3-2-4-6-12/h2-6,11H,7-10H2,1H3,(H,17,22)(H,18,20,23)/t11-/m0/s1. The van der Waals surface area contributed by atoms with E-state index in [9.17, 15) is 9.59 Å². The number of aromatic nitrogens is 2. The largest absolute Gasteiger partial charge is 0.354 e. The molecule has 126 valence electrons. The molecule has 0 radical (unpaired) electrons. The Morgan fingerprint density at radius 1 is 1.38 bits per heavy atom. The lowest BCUT2D eigenvalue weighted by atomic mass is 10.2. The summed E-state index contributed by atoms with van der Waals surface area (Å²) in [5, 5.41) is 15.1. The SMILES string of the molecule is C[C@H]1CNC(=O)CCN1C(=O)Nc1nnc(Cc2ccccc2)s1. The van der Waals surface area contributed by atoms with Gasteiger partial charge in [0.25, 0.3) is 0 Å². The average Bonchev–Trinajstić information content (AvgIpc) is 2.93. The summed E-state index contributed by atoms with van der Waals surface area (Å²) in [7, 11) is 0. The van der Waals surface area contributed by atoms with Gasteiger partial charge < -0.3 is 10.2 Å². The van der Waals surface area contributed by atoms with E-state index in [0.29, 0.717) is 31.1 Å². The molecule has 3 amide bonds. The molecule has 1 aliphatic heterocycles. The third-order valence-corrected chi connectivity index (χ3v) is 4.68. The molecule has 1 aliphatic rings. The van der Waals surface area contributed by atoms with Crippen molar-refractivity contribution in [3.05, 3.63) is 40.9 Å². The molecule has 1 atom stereocenters. The Labute approximate surface area is 144 Å². The molecule has 1 saturated heterocycles. The number of carbonyl (C=O) groups excluding carboxylic acids is 2. The summed E-state index contributed by atoms with van der Waals surface area (Å²) in [4.78, 5) is 25.5. The van der Waals surface area contributed by atoms with Crippen LogP contribution in [0.1, 0.15) is 23.9 Å². The molecule has 2 aromatic rings. The quantitative estimate of drug-likeness (QED) is 0.889. The van der Waals surface area contributed by atoms with Crippen molar-refractivity contribution in [1.29, 1.82) is 0 Å². The number of anilines is 1. The first-order valence-corrected chi connectivity index (χ1v) is 8.64. The van der Waals surface area contributed by atoms with Crippen LogP contribution in [0.25, 0.3) is 0 Å². The fourth-order valence-corrected chi connectivity index (χ4v) is 3.28. The number of nitrogens with one attached hydrogen (secondary N) is 2. The summed E-state index contributed by atoms with van der Waals surface area (Å²) < 4.78 is 0.